The molecule has 0 aliphatic carbocycles. The number of carbonyl (C=O) groups is 1. The van der Waals surface area contributed by atoms with Crippen LogP contribution in [0.4, 0.5) is 6.01 Å². The Morgan fingerprint density at radius 3 is 3.00 bits per heavy atom. The van der Waals surface area contributed by atoms with Gasteiger partial charge in [0.1, 0.15) is 6.04 Å². The number of hydrogen-bond donors (Lipinski definition) is 2. The fourth-order valence-corrected chi connectivity index (χ4v) is 1.38. The van der Waals surface area contributed by atoms with Crippen LogP contribution >= 0.6 is 0 Å². The van der Waals surface area contributed by atoms with Gasteiger partial charge in [0.05, 0.1) is 0 Å². The molecular weight excluding hydrogens is 422 g/mol. The maximum absolute atomic E-state index is 10.7. The predicted molar refractivity (Wildman–Crippen MR) is 59.1 cm³/mol. The Bertz CT molecular complexity index is 486. The van der Waals surface area contributed by atoms with Gasteiger partial charge in [-0.2, -0.15) is 4.98 Å². The van der Waals surface area contributed by atoms with E-state index in [1.807, 2.05) is 0 Å². The molecule has 1 unspecified atom stereocenters. The molecule has 2 N–H and O–H groups in total. The van der Waals surface area contributed by atoms with Crippen LogP contribution in [0.25, 0.3) is 11.2 Å². The summed E-state index contributed by atoms with van der Waals surface area (Å²) in [5, 5.41) is 11.4. The first-order chi connectivity index (χ1) is 7.70. The first-order valence-corrected chi connectivity index (χ1v) is 5.07. The second-order valence-electron chi connectivity index (χ2n) is 3.05. The molecule has 0 aliphatic rings. The maximum atomic E-state index is 10.7. The summed E-state index contributed by atoms with van der Waals surface area (Å²) in [5.41, 5.74) is 0.928. The monoisotopic (exact) mass is 431 g/mol. The Balaban J connectivity index is 0.00000144. The summed E-state index contributed by atoms with van der Waals surface area (Å²) in [6.45, 7) is 0. The topological polar surface area (TPSA) is 88.2 Å². The number of hydrogen-bond acceptors (Lipinski definition) is 6. The number of anilines is 1. The third-order valence-corrected chi connectivity index (χ3v) is 2.26. The molecule has 2 aromatic rings. The minimum atomic E-state index is -1.04. The van der Waals surface area contributed by atoms with Gasteiger partial charge in [0.2, 0.25) is 5.65 Å². The molecule has 0 fully saturated rings. The Kier molecular flexibility index (Phi) is 4.92. The molecule has 0 aliphatic heterocycles. The summed E-state index contributed by atoms with van der Waals surface area (Å²) in [4.78, 5) is 18.7. The number of aliphatic carboxylic acids is 1. The number of rotatable bonds is 4. The molecule has 1 radical (unpaired) electrons. The molecule has 1 atom stereocenters. The smallest absolute Gasteiger partial charge is 0.324 e. The van der Waals surface area contributed by atoms with Gasteiger partial charge >= 0.3 is 5.97 Å². The van der Waals surface area contributed by atoms with Gasteiger partial charge in [-0.1, -0.05) is 0 Å². The van der Waals surface area contributed by atoms with Gasteiger partial charge < -0.3 is 27.5 Å². The average molecular weight is 430 g/mol. The Morgan fingerprint density at radius 2 is 2.41 bits per heavy atom. The van der Waals surface area contributed by atoms with E-state index in [1.54, 1.807) is 18.3 Å². The molecule has 6 nitrogen and oxygen atoms in total. The van der Waals surface area contributed by atoms with Crippen LogP contribution in [0.3, 0.4) is 0 Å². The van der Waals surface area contributed by atoms with E-state index in [4.69, 9.17) is 22.2 Å². The molecular formula is C9H8IrN3O3S-. The van der Waals surface area contributed by atoms with Crippen molar-refractivity contribution in [3.63, 3.8) is 0 Å². The van der Waals surface area contributed by atoms with Crippen LogP contribution in [0.5, 0.6) is 0 Å². The zero-order valence-electron chi connectivity index (χ0n) is 8.42. The van der Waals surface area contributed by atoms with E-state index in [-0.39, 0.29) is 31.9 Å². The van der Waals surface area contributed by atoms with Gasteiger partial charge in [-0.25, -0.2) is 4.98 Å². The van der Waals surface area contributed by atoms with Crippen molar-refractivity contribution >= 4 is 35.8 Å². The van der Waals surface area contributed by atoms with Gasteiger partial charge in [0.15, 0.2) is 5.58 Å². The summed E-state index contributed by atoms with van der Waals surface area (Å²) in [6.07, 6.45) is 1.58. The molecule has 2 rings (SSSR count). The Hall–Kier alpha value is -1.11. The van der Waals surface area contributed by atoms with Crippen LogP contribution in [-0.2, 0) is 37.5 Å². The third kappa shape index (κ3) is 3.18. The molecule has 93 valence electrons. The van der Waals surface area contributed by atoms with Gasteiger partial charge in [0.25, 0.3) is 6.01 Å². The number of fused-ring (bicyclic) bond motifs is 1. The van der Waals surface area contributed by atoms with Crippen LogP contribution in [0, 0.1) is 0 Å². The van der Waals surface area contributed by atoms with E-state index in [0.29, 0.717) is 11.2 Å². The van der Waals surface area contributed by atoms with E-state index in [2.05, 4.69) is 15.3 Å². The van der Waals surface area contributed by atoms with Crippen LogP contribution in [0.2, 0.25) is 0 Å². The SMILES string of the molecule is O=C(O)C(C[S-])Nc1nc2ncccc2o1.[Ir]. The third-order valence-electron chi connectivity index (χ3n) is 1.93. The summed E-state index contributed by atoms with van der Waals surface area (Å²) in [5.74, 6) is -1.01. The first kappa shape index (κ1) is 14.0. The quantitative estimate of drug-likeness (QED) is 0.688. The van der Waals surface area contributed by atoms with E-state index in [0.717, 1.165) is 0 Å². The average Bonchev–Trinajstić information content (AvgIpc) is 2.67. The zero-order chi connectivity index (χ0) is 11.5. The second-order valence-corrected chi connectivity index (χ2v) is 3.38. The molecule has 0 saturated carbocycles. The van der Waals surface area contributed by atoms with Crippen molar-refractivity contribution in [1.29, 1.82) is 0 Å². The number of aromatic nitrogens is 2. The van der Waals surface area contributed by atoms with Gasteiger partial charge in [-0.05, 0) is 12.1 Å². The fourth-order valence-electron chi connectivity index (χ4n) is 1.15. The van der Waals surface area contributed by atoms with Crippen LogP contribution in [-0.4, -0.2) is 32.8 Å². The summed E-state index contributed by atoms with van der Waals surface area (Å²) in [6, 6.07) is 2.64. The molecule has 0 spiro atoms. The van der Waals surface area contributed by atoms with Crippen molar-refractivity contribution in [1.82, 2.24) is 9.97 Å². The minimum Gasteiger partial charge on any atom is -0.790 e. The molecule has 8 heteroatoms. The standard InChI is InChI=1S/C9H9N3O3S.Ir/c13-8(14)5(4-16)11-9-12-7-6(15-9)2-1-3-10-7;/h1-3,5,16H,4H2,(H,13,14)(H,10,11,12);/p-1. The fraction of sp³-hybridized carbons (Fsp3) is 0.222. The molecule has 0 bridgehead atoms. The maximum Gasteiger partial charge on any atom is 0.324 e. The van der Waals surface area contributed by atoms with Gasteiger partial charge in [-0.15, -0.1) is 5.75 Å². The number of carboxylic acid groups (broad SMARTS) is 1. The second kappa shape index (κ2) is 5.99. The summed E-state index contributed by atoms with van der Waals surface area (Å²) >= 11 is 4.70. The number of carboxylic acids is 1. The molecule has 2 heterocycles. The van der Waals surface area contributed by atoms with Crippen molar-refractivity contribution in [2.75, 3.05) is 11.1 Å². The molecule has 0 amide bonds. The van der Waals surface area contributed by atoms with Crippen molar-refractivity contribution < 1.29 is 34.4 Å². The van der Waals surface area contributed by atoms with Crippen molar-refractivity contribution in [2.24, 2.45) is 0 Å². The number of pyridine rings is 1. The first-order valence-electron chi connectivity index (χ1n) is 4.49. The number of nitrogens with zero attached hydrogens (tertiary/aromatic N) is 2. The van der Waals surface area contributed by atoms with Gasteiger partial charge in [0, 0.05) is 26.3 Å². The normalized spacial score (nSPS) is 11.8. The minimum absolute atomic E-state index is 0. The molecule has 0 aromatic carbocycles. The van der Waals surface area contributed by atoms with E-state index < -0.39 is 12.0 Å². The van der Waals surface area contributed by atoms with Crippen LogP contribution in [0.15, 0.2) is 22.7 Å². The van der Waals surface area contributed by atoms with Crippen LogP contribution in [0.1, 0.15) is 0 Å². The summed E-state index contributed by atoms with van der Waals surface area (Å²) < 4.78 is 5.26. The number of nitrogens with one attached hydrogen (secondary N) is 1. The zero-order valence-corrected chi connectivity index (χ0v) is 11.6. The molecule has 17 heavy (non-hydrogen) atoms. The Morgan fingerprint density at radius 1 is 1.65 bits per heavy atom. The number of oxazole rings is 1. The van der Waals surface area contributed by atoms with Crippen LogP contribution < -0.4 is 5.32 Å². The van der Waals surface area contributed by atoms with E-state index in [9.17, 15) is 4.79 Å². The van der Waals surface area contributed by atoms with Gasteiger partial charge in [-0.3, -0.25) is 4.79 Å². The summed E-state index contributed by atoms with van der Waals surface area (Å²) in [7, 11) is 0. The Labute approximate surface area is 116 Å². The van der Waals surface area contributed by atoms with E-state index >= 15 is 0 Å². The molecule has 0 saturated heterocycles. The van der Waals surface area contributed by atoms with Crippen molar-refractivity contribution in [2.45, 2.75) is 6.04 Å². The largest absolute Gasteiger partial charge is 0.790 e. The predicted octanol–water partition coefficient (Wildman–Crippen LogP) is 0.632. The van der Waals surface area contributed by atoms with E-state index in [1.165, 1.54) is 0 Å². The molecule has 2 aromatic heterocycles. The van der Waals surface area contributed by atoms with Crippen molar-refractivity contribution in [3.05, 3.63) is 18.3 Å². The van der Waals surface area contributed by atoms with Crippen molar-refractivity contribution in [3.8, 4) is 0 Å².